The molecule has 1 aliphatic carbocycles. The maximum Gasteiger partial charge on any atom is 0.0258 e. The summed E-state index contributed by atoms with van der Waals surface area (Å²) in [6, 6.07) is 0. The second-order valence-corrected chi connectivity index (χ2v) is 3.34. The van der Waals surface area contributed by atoms with Gasteiger partial charge in [0.15, 0.2) is 0 Å². The highest BCUT2D eigenvalue weighted by Crippen LogP contribution is 2.57. The molecule has 0 aromatic rings. The van der Waals surface area contributed by atoms with Crippen molar-refractivity contribution in [3.63, 3.8) is 0 Å². The van der Waals surface area contributed by atoms with Gasteiger partial charge in [0.1, 0.15) is 0 Å². The fourth-order valence-electron chi connectivity index (χ4n) is 1.47. The van der Waals surface area contributed by atoms with Crippen molar-refractivity contribution in [3.05, 3.63) is 11.8 Å². The Morgan fingerprint density at radius 2 is 2.18 bits per heavy atom. The molecule has 0 amide bonds. The molecule has 2 atom stereocenters. The van der Waals surface area contributed by atoms with Gasteiger partial charge in [-0.2, -0.15) is 0 Å². The fourth-order valence-corrected chi connectivity index (χ4v) is 1.47. The van der Waals surface area contributed by atoms with Gasteiger partial charge in [-0.3, -0.25) is 4.99 Å². The number of aliphatic imine (C=N–C) groups is 1. The Morgan fingerprint density at radius 1 is 1.55 bits per heavy atom. The number of hydrogen-bond acceptors (Lipinski definition) is 1. The second-order valence-electron chi connectivity index (χ2n) is 3.34. The highest BCUT2D eigenvalue weighted by Gasteiger charge is 2.51. The summed E-state index contributed by atoms with van der Waals surface area (Å²) in [5, 5.41) is 0. The van der Waals surface area contributed by atoms with Crippen LogP contribution in [0.4, 0.5) is 0 Å². The minimum Gasteiger partial charge on any atom is -0.269 e. The summed E-state index contributed by atoms with van der Waals surface area (Å²) in [5.41, 5.74) is 1.97. The van der Waals surface area contributed by atoms with E-state index in [1.165, 1.54) is 12.0 Å². The first-order valence-corrected chi connectivity index (χ1v) is 4.44. The monoisotopic (exact) mass is 151 g/mol. The van der Waals surface area contributed by atoms with E-state index in [1.807, 2.05) is 20.0 Å². The lowest BCUT2D eigenvalue weighted by molar-refractivity contribution is 0.652. The summed E-state index contributed by atoms with van der Waals surface area (Å²) in [6.07, 6.45) is 5.38. The van der Waals surface area contributed by atoms with E-state index in [0.717, 1.165) is 5.92 Å². The Bertz CT molecular complexity index is 203. The van der Waals surface area contributed by atoms with Crippen LogP contribution in [-0.2, 0) is 0 Å². The van der Waals surface area contributed by atoms with Crippen LogP contribution in [0.5, 0.6) is 0 Å². The SMILES string of the molecule is CC.CC1=CN=CC2CC12C. The zero-order valence-corrected chi connectivity index (χ0v) is 7.89. The Hall–Kier alpha value is -0.590. The van der Waals surface area contributed by atoms with Crippen LogP contribution in [0.3, 0.4) is 0 Å². The van der Waals surface area contributed by atoms with Gasteiger partial charge >= 0.3 is 0 Å². The van der Waals surface area contributed by atoms with Crippen molar-refractivity contribution in [1.82, 2.24) is 0 Å². The van der Waals surface area contributed by atoms with Crippen LogP contribution in [0.2, 0.25) is 0 Å². The molecule has 0 aromatic heterocycles. The summed E-state index contributed by atoms with van der Waals surface area (Å²) in [7, 11) is 0. The van der Waals surface area contributed by atoms with Gasteiger partial charge in [-0.25, -0.2) is 0 Å². The van der Waals surface area contributed by atoms with Crippen LogP contribution >= 0.6 is 0 Å². The quantitative estimate of drug-likeness (QED) is 0.504. The van der Waals surface area contributed by atoms with E-state index >= 15 is 0 Å². The van der Waals surface area contributed by atoms with Gasteiger partial charge in [0.05, 0.1) is 0 Å². The molecule has 1 saturated carbocycles. The first kappa shape index (κ1) is 8.51. The van der Waals surface area contributed by atoms with Crippen LogP contribution in [-0.4, -0.2) is 6.21 Å². The third-order valence-electron chi connectivity index (χ3n) is 2.74. The average molecular weight is 151 g/mol. The zero-order chi connectivity index (χ0) is 8.48. The maximum atomic E-state index is 4.14. The molecule has 11 heavy (non-hydrogen) atoms. The minimum atomic E-state index is 0.516. The summed E-state index contributed by atoms with van der Waals surface area (Å²) in [4.78, 5) is 4.14. The van der Waals surface area contributed by atoms with Gasteiger partial charge in [0.2, 0.25) is 0 Å². The molecule has 1 heteroatoms. The highest BCUT2D eigenvalue weighted by atomic mass is 14.8. The van der Waals surface area contributed by atoms with E-state index in [0.29, 0.717) is 5.41 Å². The molecule has 1 nitrogen and oxygen atoms in total. The third kappa shape index (κ3) is 1.24. The largest absolute Gasteiger partial charge is 0.269 e. The van der Waals surface area contributed by atoms with E-state index in [2.05, 4.69) is 25.1 Å². The standard InChI is InChI=1S/C8H11N.C2H6/c1-6-4-9-5-7-3-8(6,7)2;1-2/h4-5,7H,3H2,1-2H3;1-2H3. The molecule has 0 aromatic carbocycles. The lowest BCUT2D eigenvalue weighted by Crippen LogP contribution is -2.03. The lowest BCUT2D eigenvalue weighted by atomic mass is 9.97. The fraction of sp³-hybridized carbons (Fsp3) is 0.700. The number of nitrogens with zero attached hydrogens (tertiary/aromatic N) is 1. The second kappa shape index (κ2) is 2.80. The summed E-state index contributed by atoms with van der Waals surface area (Å²) < 4.78 is 0. The third-order valence-corrected chi connectivity index (χ3v) is 2.74. The molecular formula is C10H17N. The van der Waals surface area contributed by atoms with Crippen molar-refractivity contribution < 1.29 is 0 Å². The van der Waals surface area contributed by atoms with Gasteiger partial charge in [0, 0.05) is 18.3 Å². The van der Waals surface area contributed by atoms with E-state index in [1.54, 1.807) is 0 Å². The van der Waals surface area contributed by atoms with Crippen molar-refractivity contribution in [2.75, 3.05) is 0 Å². The van der Waals surface area contributed by atoms with Crippen LogP contribution in [0.15, 0.2) is 16.8 Å². The molecule has 62 valence electrons. The normalized spacial score (nSPS) is 38.2. The molecule has 0 spiro atoms. The van der Waals surface area contributed by atoms with Gasteiger partial charge in [0.25, 0.3) is 0 Å². The predicted octanol–water partition coefficient (Wildman–Crippen LogP) is 3.03. The Labute approximate surface area is 69.2 Å². The molecule has 1 aliphatic heterocycles. The molecule has 0 saturated heterocycles. The topological polar surface area (TPSA) is 12.4 Å². The van der Waals surface area contributed by atoms with E-state index in [-0.39, 0.29) is 0 Å². The molecule has 1 heterocycles. The Balaban J connectivity index is 0.000000281. The van der Waals surface area contributed by atoms with Crippen molar-refractivity contribution in [3.8, 4) is 0 Å². The zero-order valence-electron chi connectivity index (χ0n) is 7.89. The molecule has 2 aliphatic rings. The van der Waals surface area contributed by atoms with Gasteiger partial charge in [-0.05, 0) is 24.3 Å². The van der Waals surface area contributed by atoms with Gasteiger partial charge in [-0.15, -0.1) is 0 Å². The van der Waals surface area contributed by atoms with Gasteiger partial charge in [-0.1, -0.05) is 20.8 Å². The summed E-state index contributed by atoms with van der Waals surface area (Å²) in [5.74, 6) is 0.766. The molecule has 0 bridgehead atoms. The van der Waals surface area contributed by atoms with Crippen molar-refractivity contribution >= 4 is 6.21 Å². The summed E-state index contributed by atoms with van der Waals surface area (Å²) >= 11 is 0. The molecule has 2 rings (SSSR count). The Kier molecular flexibility index (Phi) is 2.17. The molecule has 2 unspecified atom stereocenters. The van der Waals surface area contributed by atoms with Crippen LogP contribution in [0.1, 0.15) is 34.1 Å². The number of rotatable bonds is 0. The van der Waals surface area contributed by atoms with E-state index in [9.17, 15) is 0 Å². The van der Waals surface area contributed by atoms with Crippen LogP contribution in [0.25, 0.3) is 0 Å². The van der Waals surface area contributed by atoms with Crippen molar-refractivity contribution in [1.29, 1.82) is 0 Å². The predicted molar refractivity (Wildman–Crippen MR) is 49.8 cm³/mol. The number of hydrogen-bond donors (Lipinski definition) is 0. The summed E-state index contributed by atoms with van der Waals surface area (Å²) in [6.45, 7) is 8.49. The maximum absolute atomic E-state index is 4.14. The van der Waals surface area contributed by atoms with Crippen LogP contribution < -0.4 is 0 Å². The molecule has 0 N–H and O–H groups in total. The van der Waals surface area contributed by atoms with Crippen molar-refractivity contribution in [2.24, 2.45) is 16.3 Å². The number of allylic oxidation sites excluding steroid dienone is 1. The number of fused-ring (bicyclic) bond motifs is 1. The molecular weight excluding hydrogens is 134 g/mol. The average Bonchev–Trinajstić information content (AvgIpc) is 2.68. The van der Waals surface area contributed by atoms with Crippen molar-refractivity contribution in [2.45, 2.75) is 34.1 Å². The van der Waals surface area contributed by atoms with E-state index in [4.69, 9.17) is 0 Å². The Morgan fingerprint density at radius 3 is 2.64 bits per heavy atom. The molecule has 0 radical (unpaired) electrons. The minimum absolute atomic E-state index is 0.516. The van der Waals surface area contributed by atoms with Crippen LogP contribution in [0, 0.1) is 11.3 Å². The van der Waals surface area contributed by atoms with E-state index < -0.39 is 0 Å². The first-order valence-electron chi connectivity index (χ1n) is 4.44. The smallest absolute Gasteiger partial charge is 0.0258 e. The lowest BCUT2D eigenvalue weighted by Gasteiger charge is -2.11. The highest BCUT2D eigenvalue weighted by molar-refractivity contribution is 5.70. The van der Waals surface area contributed by atoms with Gasteiger partial charge < -0.3 is 0 Å². The molecule has 1 fully saturated rings. The first-order chi connectivity index (χ1) is 5.23.